The monoisotopic (exact) mass is 246 g/mol. The van der Waals surface area contributed by atoms with E-state index in [0.717, 1.165) is 25.7 Å². The zero-order valence-electron chi connectivity index (χ0n) is 7.91. The molecule has 0 saturated heterocycles. The standard InChI is InChI=1S/C11H16BrF/c12-11(13)9-5-1-2-6-10(9,11)8-4-3-7-9/h1-8H2. The van der Waals surface area contributed by atoms with E-state index in [9.17, 15) is 4.39 Å². The molecule has 0 N–H and O–H groups in total. The minimum absolute atomic E-state index is 0.0660. The Balaban J connectivity index is 2.02. The molecular formula is C11H16BrF. The lowest BCUT2D eigenvalue weighted by Gasteiger charge is -2.32. The lowest BCUT2D eigenvalue weighted by molar-refractivity contribution is 0.171. The first-order valence-corrected chi connectivity index (χ1v) is 6.34. The van der Waals surface area contributed by atoms with E-state index < -0.39 is 4.58 Å². The summed E-state index contributed by atoms with van der Waals surface area (Å²) in [5, 5.41) is 0. The van der Waals surface area contributed by atoms with Crippen molar-refractivity contribution < 1.29 is 4.39 Å². The minimum atomic E-state index is -0.986. The summed E-state index contributed by atoms with van der Waals surface area (Å²) in [4.78, 5) is 0. The van der Waals surface area contributed by atoms with Gasteiger partial charge >= 0.3 is 0 Å². The van der Waals surface area contributed by atoms with Crippen LogP contribution in [0.1, 0.15) is 51.4 Å². The van der Waals surface area contributed by atoms with Gasteiger partial charge in [-0.05, 0) is 41.6 Å². The topological polar surface area (TPSA) is 0 Å². The second-order valence-electron chi connectivity index (χ2n) is 5.15. The van der Waals surface area contributed by atoms with Crippen LogP contribution in [0.5, 0.6) is 0 Å². The van der Waals surface area contributed by atoms with E-state index in [0.29, 0.717) is 0 Å². The fourth-order valence-electron chi connectivity index (χ4n) is 4.28. The maximum atomic E-state index is 14.4. The highest BCUT2D eigenvalue weighted by Gasteiger charge is 2.86. The van der Waals surface area contributed by atoms with E-state index in [-0.39, 0.29) is 10.8 Å². The van der Waals surface area contributed by atoms with Crippen molar-refractivity contribution in [2.75, 3.05) is 0 Å². The second kappa shape index (κ2) is 2.32. The Labute approximate surface area is 87.4 Å². The molecule has 0 atom stereocenters. The van der Waals surface area contributed by atoms with E-state index in [2.05, 4.69) is 15.9 Å². The first-order valence-electron chi connectivity index (χ1n) is 5.54. The van der Waals surface area contributed by atoms with E-state index >= 15 is 0 Å². The highest BCUT2D eigenvalue weighted by atomic mass is 79.9. The summed E-state index contributed by atoms with van der Waals surface area (Å²) in [6, 6.07) is 0. The van der Waals surface area contributed by atoms with Gasteiger partial charge < -0.3 is 0 Å². The maximum Gasteiger partial charge on any atom is 0.177 e. The summed E-state index contributed by atoms with van der Waals surface area (Å²) in [5.74, 6) is 0. The predicted molar refractivity (Wildman–Crippen MR) is 54.6 cm³/mol. The van der Waals surface area contributed by atoms with Gasteiger partial charge in [0, 0.05) is 10.8 Å². The number of hydrogen-bond donors (Lipinski definition) is 0. The molecule has 0 aromatic carbocycles. The molecule has 74 valence electrons. The molecule has 0 aliphatic heterocycles. The maximum absolute atomic E-state index is 14.4. The van der Waals surface area contributed by atoms with Crippen LogP contribution in [0.4, 0.5) is 4.39 Å². The largest absolute Gasteiger partial charge is 0.230 e. The number of halogens is 2. The van der Waals surface area contributed by atoms with E-state index in [1.54, 1.807) is 0 Å². The van der Waals surface area contributed by atoms with Crippen LogP contribution in [0.2, 0.25) is 0 Å². The van der Waals surface area contributed by atoms with Crippen LogP contribution in [0, 0.1) is 10.8 Å². The molecule has 0 radical (unpaired) electrons. The lowest BCUT2D eigenvalue weighted by Crippen LogP contribution is -2.22. The van der Waals surface area contributed by atoms with Gasteiger partial charge in [-0.15, -0.1) is 0 Å². The second-order valence-corrected chi connectivity index (χ2v) is 6.25. The normalized spacial score (nSPS) is 59.5. The van der Waals surface area contributed by atoms with Crippen molar-refractivity contribution in [1.82, 2.24) is 0 Å². The third-order valence-electron chi connectivity index (χ3n) is 4.97. The minimum Gasteiger partial charge on any atom is -0.230 e. The molecular weight excluding hydrogens is 231 g/mol. The number of alkyl halides is 2. The third-order valence-corrected chi connectivity index (χ3v) is 6.49. The van der Waals surface area contributed by atoms with Gasteiger partial charge in [0.05, 0.1) is 0 Å². The quantitative estimate of drug-likeness (QED) is 0.563. The molecule has 3 fully saturated rings. The molecule has 3 aliphatic rings. The van der Waals surface area contributed by atoms with Crippen LogP contribution in [0.3, 0.4) is 0 Å². The van der Waals surface area contributed by atoms with Crippen LogP contribution in [-0.4, -0.2) is 4.58 Å². The third kappa shape index (κ3) is 0.714. The molecule has 0 amide bonds. The van der Waals surface area contributed by atoms with Gasteiger partial charge in [-0.25, -0.2) is 4.39 Å². The average molecular weight is 247 g/mol. The summed E-state index contributed by atoms with van der Waals surface area (Å²) >= 11 is 3.39. The molecule has 13 heavy (non-hydrogen) atoms. The molecule has 0 unspecified atom stereocenters. The van der Waals surface area contributed by atoms with E-state index in [1.807, 2.05) is 0 Å². The lowest BCUT2D eigenvalue weighted by atomic mass is 9.71. The Hall–Kier alpha value is 0.410. The van der Waals surface area contributed by atoms with Crippen molar-refractivity contribution in [1.29, 1.82) is 0 Å². The van der Waals surface area contributed by atoms with Gasteiger partial charge in [-0.1, -0.05) is 25.7 Å². The summed E-state index contributed by atoms with van der Waals surface area (Å²) in [6.07, 6.45) is 9.53. The predicted octanol–water partition coefficient (Wildman–Crippen LogP) is 4.18. The molecule has 3 saturated carbocycles. The zero-order chi connectivity index (χ0) is 9.16. The Kier molecular flexibility index (Phi) is 1.55. The van der Waals surface area contributed by atoms with Gasteiger partial charge in [0.15, 0.2) is 4.58 Å². The first kappa shape index (κ1) is 8.70. The van der Waals surface area contributed by atoms with Crippen molar-refractivity contribution in [2.45, 2.75) is 55.9 Å². The van der Waals surface area contributed by atoms with Gasteiger partial charge in [0.2, 0.25) is 0 Å². The number of hydrogen-bond acceptors (Lipinski definition) is 0. The van der Waals surface area contributed by atoms with Crippen LogP contribution < -0.4 is 0 Å². The van der Waals surface area contributed by atoms with Gasteiger partial charge in [-0.3, -0.25) is 0 Å². The zero-order valence-corrected chi connectivity index (χ0v) is 9.50. The Morgan fingerprint density at radius 1 is 0.769 bits per heavy atom. The van der Waals surface area contributed by atoms with Crippen LogP contribution in [-0.2, 0) is 0 Å². The molecule has 3 aliphatic carbocycles. The smallest absolute Gasteiger partial charge is 0.177 e. The molecule has 0 heterocycles. The van der Waals surface area contributed by atoms with Crippen molar-refractivity contribution >= 4 is 15.9 Å². The molecule has 0 bridgehead atoms. The van der Waals surface area contributed by atoms with Crippen molar-refractivity contribution in [3.63, 3.8) is 0 Å². The van der Waals surface area contributed by atoms with Gasteiger partial charge in [-0.2, -0.15) is 0 Å². The van der Waals surface area contributed by atoms with Crippen molar-refractivity contribution in [3.05, 3.63) is 0 Å². The van der Waals surface area contributed by atoms with Crippen LogP contribution in [0.15, 0.2) is 0 Å². The Morgan fingerprint density at radius 2 is 1.08 bits per heavy atom. The summed E-state index contributed by atoms with van der Waals surface area (Å²) < 4.78 is 13.4. The molecule has 0 aromatic rings. The fourth-order valence-corrected chi connectivity index (χ4v) is 5.74. The van der Waals surface area contributed by atoms with Crippen LogP contribution >= 0.6 is 15.9 Å². The summed E-state index contributed by atoms with van der Waals surface area (Å²) in [5.41, 5.74) is 0.132. The SMILES string of the molecule is FC1(Br)C23CCCCC12CCCC3. The average Bonchev–Trinajstić information content (AvgIpc) is 2.61. The molecule has 0 spiro atoms. The number of rotatable bonds is 0. The first-order chi connectivity index (χ1) is 6.16. The highest BCUT2D eigenvalue weighted by molar-refractivity contribution is 9.10. The highest BCUT2D eigenvalue weighted by Crippen LogP contribution is 2.87. The molecule has 0 nitrogen and oxygen atoms in total. The van der Waals surface area contributed by atoms with Crippen molar-refractivity contribution in [2.24, 2.45) is 10.8 Å². The van der Waals surface area contributed by atoms with E-state index in [4.69, 9.17) is 0 Å². The summed E-state index contributed by atoms with van der Waals surface area (Å²) in [7, 11) is 0. The molecule has 0 aromatic heterocycles. The Bertz CT molecular complexity index is 210. The van der Waals surface area contributed by atoms with Crippen molar-refractivity contribution in [3.8, 4) is 0 Å². The Morgan fingerprint density at radius 3 is 1.38 bits per heavy atom. The fraction of sp³-hybridized carbons (Fsp3) is 1.00. The van der Waals surface area contributed by atoms with E-state index in [1.165, 1.54) is 25.7 Å². The summed E-state index contributed by atoms with van der Waals surface area (Å²) in [6.45, 7) is 0. The molecule has 2 heteroatoms. The molecule has 3 rings (SSSR count). The van der Waals surface area contributed by atoms with Gasteiger partial charge in [0.25, 0.3) is 0 Å². The van der Waals surface area contributed by atoms with Crippen LogP contribution in [0.25, 0.3) is 0 Å². The van der Waals surface area contributed by atoms with Gasteiger partial charge in [0.1, 0.15) is 0 Å².